The maximum atomic E-state index is 12.9. The van der Waals surface area contributed by atoms with Gasteiger partial charge in [-0.15, -0.1) is 5.10 Å². The molecule has 10 nitrogen and oxygen atoms in total. The number of hydrogen-bond acceptors (Lipinski definition) is 7. The Hall–Kier alpha value is -2.75. The molecule has 10 heteroatoms. The first-order chi connectivity index (χ1) is 13.0. The van der Waals surface area contributed by atoms with E-state index in [2.05, 4.69) is 20.8 Å². The minimum atomic E-state index is -0.298. The Morgan fingerprint density at radius 1 is 1.41 bits per heavy atom. The number of aryl methyl sites for hydroxylation is 2. The summed E-state index contributed by atoms with van der Waals surface area (Å²) in [5.74, 6) is 0.152. The van der Waals surface area contributed by atoms with Crippen LogP contribution < -0.4 is 5.32 Å². The maximum absolute atomic E-state index is 12.9. The van der Waals surface area contributed by atoms with Gasteiger partial charge in [-0.3, -0.25) is 9.59 Å². The summed E-state index contributed by atoms with van der Waals surface area (Å²) in [6.45, 7) is 5.50. The highest BCUT2D eigenvalue weighted by atomic mass is 16.5. The number of nitrogens with zero attached hydrogens (tertiary/aromatic N) is 5. The van der Waals surface area contributed by atoms with Gasteiger partial charge < -0.3 is 19.5 Å². The second kappa shape index (κ2) is 8.30. The number of amides is 2. The summed E-state index contributed by atoms with van der Waals surface area (Å²) in [4.78, 5) is 26.7. The fraction of sp³-hybridized carbons (Fsp3) is 0.588. The Bertz CT molecular complexity index is 795. The lowest BCUT2D eigenvalue weighted by Gasteiger charge is -2.24. The van der Waals surface area contributed by atoms with Gasteiger partial charge in [0.25, 0.3) is 11.8 Å². The zero-order valence-electron chi connectivity index (χ0n) is 15.8. The summed E-state index contributed by atoms with van der Waals surface area (Å²) in [6, 6.07) is -0.0164. The molecular weight excluding hydrogens is 352 g/mol. The largest absolute Gasteiger partial charge is 0.383 e. The third kappa shape index (κ3) is 4.16. The lowest BCUT2D eigenvalue weighted by atomic mass is 10.1. The summed E-state index contributed by atoms with van der Waals surface area (Å²) < 4.78 is 11.6. The Kier molecular flexibility index (Phi) is 5.84. The highest BCUT2D eigenvalue weighted by Gasteiger charge is 2.33. The van der Waals surface area contributed by atoms with E-state index >= 15 is 0 Å². The third-order valence-corrected chi connectivity index (χ3v) is 4.65. The van der Waals surface area contributed by atoms with Crippen molar-refractivity contribution < 1.29 is 18.8 Å². The van der Waals surface area contributed by atoms with E-state index in [0.717, 1.165) is 12.8 Å². The van der Waals surface area contributed by atoms with Gasteiger partial charge in [-0.2, -0.15) is 0 Å². The molecule has 3 heterocycles. The van der Waals surface area contributed by atoms with Crippen molar-refractivity contribution in [3.05, 3.63) is 28.9 Å². The molecule has 1 aliphatic rings. The van der Waals surface area contributed by atoms with Crippen LogP contribution in [0, 0.1) is 13.8 Å². The lowest BCUT2D eigenvalue weighted by molar-refractivity contribution is 0.0718. The minimum absolute atomic E-state index is 0.0164. The summed E-state index contributed by atoms with van der Waals surface area (Å²) in [5.41, 5.74) is 1.37. The average Bonchev–Trinajstić information content (AvgIpc) is 3.36. The highest BCUT2D eigenvalue weighted by Crippen LogP contribution is 2.24. The van der Waals surface area contributed by atoms with Crippen LogP contribution in [0.4, 0.5) is 0 Å². The van der Waals surface area contributed by atoms with Crippen LogP contribution in [0.1, 0.15) is 45.1 Å². The van der Waals surface area contributed by atoms with Crippen LogP contribution in [0.2, 0.25) is 0 Å². The Morgan fingerprint density at radius 3 is 2.93 bits per heavy atom. The van der Waals surface area contributed by atoms with Crippen molar-refractivity contribution in [3.63, 3.8) is 0 Å². The number of carbonyl (C=O) groups excluding carboxylic acids is 2. The molecule has 1 aliphatic heterocycles. The Morgan fingerprint density at radius 2 is 2.22 bits per heavy atom. The minimum Gasteiger partial charge on any atom is -0.383 e. The summed E-state index contributed by atoms with van der Waals surface area (Å²) in [5, 5.41) is 14.5. The van der Waals surface area contributed by atoms with Gasteiger partial charge in [-0.25, -0.2) is 4.68 Å². The van der Waals surface area contributed by atoms with E-state index in [-0.39, 0.29) is 23.6 Å². The van der Waals surface area contributed by atoms with E-state index < -0.39 is 0 Å². The van der Waals surface area contributed by atoms with Crippen molar-refractivity contribution in [2.75, 3.05) is 26.8 Å². The van der Waals surface area contributed by atoms with Crippen LogP contribution >= 0.6 is 0 Å². The molecule has 0 bridgehead atoms. The van der Waals surface area contributed by atoms with Gasteiger partial charge in [0.05, 0.1) is 31.1 Å². The molecule has 2 aromatic rings. The van der Waals surface area contributed by atoms with Crippen LogP contribution in [0.3, 0.4) is 0 Å². The second-order valence-corrected chi connectivity index (χ2v) is 6.57. The fourth-order valence-corrected chi connectivity index (χ4v) is 3.29. The molecule has 3 rings (SSSR count). The summed E-state index contributed by atoms with van der Waals surface area (Å²) in [7, 11) is 1.57. The first-order valence-corrected chi connectivity index (χ1v) is 8.92. The van der Waals surface area contributed by atoms with E-state index in [1.54, 1.807) is 31.8 Å². The fourth-order valence-electron chi connectivity index (χ4n) is 3.29. The van der Waals surface area contributed by atoms with E-state index in [9.17, 15) is 9.59 Å². The first-order valence-electron chi connectivity index (χ1n) is 8.92. The average molecular weight is 376 g/mol. The molecule has 1 atom stereocenters. The van der Waals surface area contributed by atoms with Crippen molar-refractivity contribution in [2.45, 2.75) is 39.3 Å². The smallest absolute Gasteiger partial charge is 0.273 e. The number of rotatable bonds is 7. The molecule has 0 radical (unpaired) electrons. The number of carbonyl (C=O) groups is 2. The second-order valence-electron chi connectivity index (χ2n) is 6.57. The standard InChI is InChI=1S/C17H24N6O4/c1-11-15(12(2)27-20-11)17(25)23-7-4-5-13(23)9-22-10-14(19-21-22)16(24)18-6-8-26-3/h10,13H,4-9H2,1-3H3,(H,18,24). The predicted molar refractivity (Wildman–Crippen MR) is 94.3 cm³/mol. The summed E-state index contributed by atoms with van der Waals surface area (Å²) >= 11 is 0. The molecule has 0 aromatic carbocycles. The SMILES string of the molecule is COCCNC(=O)c1cn(CC2CCCN2C(=O)c2c(C)noc2C)nn1. The molecule has 2 aromatic heterocycles. The van der Waals surface area contributed by atoms with Gasteiger partial charge in [0.2, 0.25) is 0 Å². The van der Waals surface area contributed by atoms with Crippen LogP contribution in [0.15, 0.2) is 10.7 Å². The predicted octanol–water partition coefficient (Wildman–Crippen LogP) is 0.564. The molecule has 0 spiro atoms. The molecule has 0 saturated carbocycles. The third-order valence-electron chi connectivity index (χ3n) is 4.65. The molecule has 1 fully saturated rings. The number of hydrogen-bond donors (Lipinski definition) is 1. The van der Waals surface area contributed by atoms with Crippen molar-refractivity contribution >= 4 is 11.8 Å². The van der Waals surface area contributed by atoms with Crippen molar-refractivity contribution in [2.24, 2.45) is 0 Å². The molecule has 1 N–H and O–H groups in total. The molecule has 146 valence electrons. The summed E-state index contributed by atoms with van der Waals surface area (Å²) in [6.07, 6.45) is 3.38. The van der Waals surface area contributed by atoms with Crippen LogP contribution in [0.5, 0.6) is 0 Å². The maximum Gasteiger partial charge on any atom is 0.273 e. The Labute approximate surface area is 156 Å². The Balaban J connectivity index is 1.65. The van der Waals surface area contributed by atoms with Gasteiger partial charge in [0.15, 0.2) is 5.69 Å². The highest BCUT2D eigenvalue weighted by molar-refractivity contribution is 5.96. The van der Waals surface area contributed by atoms with Crippen LogP contribution in [0.25, 0.3) is 0 Å². The van der Waals surface area contributed by atoms with Gasteiger partial charge >= 0.3 is 0 Å². The van der Waals surface area contributed by atoms with Gasteiger partial charge in [0.1, 0.15) is 11.3 Å². The quantitative estimate of drug-likeness (QED) is 0.702. The van der Waals surface area contributed by atoms with Crippen LogP contribution in [-0.2, 0) is 11.3 Å². The number of nitrogens with one attached hydrogen (secondary N) is 1. The number of methoxy groups -OCH3 is 1. The topological polar surface area (TPSA) is 115 Å². The normalized spacial score (nSPS) is 16.7. The van der Waals surface area contributed by atoms with Gasteiger partial charge in [-0.1, -0.05) is 10.4 Å². The van der Waals surface area contributed by atoms with E-state index in [4.69, 9.17) is 9.26 Å². The van der Waals surface area contributed by atoms with Crippen molar-refractivity contribution in [1.82, 2.24) is 30.4 Å². The number of ether oxygens (including phenoxy) is 1. The molecule has 1 unspecified atom stereocenters. The van der Waals surface area contributed by atoms with E-state index in [1.807, 2.05) is 4.90 Å². The van der Waals surface area contributed by atoms with Gasteiger partial charge in [-0.05, 0) is 26.7 Å². The number of likely N-dealkylation sites (tertiary alicyclic amines) is 1. The zero-order valence-corrected chi connectivity index (χ0v) is 15.8. The molecule has 1 saturated heterocycles. The zero-order chi connectivity index (χ0) is 19.4. The monoisotopic (exact) mass is 376 g/mol. The van der Waals surface area contributed by atoms with Crippen LogP contribution in [-0.4, -0.2) is 69.7 Å². The van der Waals surface area contributed by atoms with Gasteiger partial charge in [0, 0.05) is 20.2 Å². The first kappa shape index (κ1) is 19.0. The van der Waals surface area contributed by atoms with Crippen molar-refractivity contribution in [3.8, 4) is 0 Å². The molecule has 27 heavy (non-hydrogen) atoms. The van der Waals surface area contributed by atoms with Crippen molar-refractivity contribution in [1.29, 1.82) is 0 Å². The molecule has 2 amide bonds. The molecule has 0 aliphatic carbocycles. The number of aromatic nitrogens is 4. The lowest BCUT2D eigenvalue weighted by Crippen LogP contribution is -2.38. The van der Waals surface area contributed by atoms with E-state index in [1.165, 1.54) is 0 Å². The molecular formula is C17H24N6O4. The van der Waals surface area contributed by atoms with E-state index in [0.29, 0.717) is 43.3 Å².